The van der Waals surface area contributed by atoms with Crippen LogP contribution in [0.4, 0.5) is 0 Å². The van der Waals surface area contributed by atoms with Gasteiger partial charge in [-0.05, 0) is 25.3 Å². The molecule has 5 nitrogen and oxygen atoms in total. The predicted molar refractivity (Wildman–Crippen MR) is 77.8 cm³/mol. The van der Waals surface area contributed by atoms with Crippen molar-refractivity contribution >= 4 is 11.8 Å². The van der Waals surface area contributed by atoms with Crippen LogP contribution in [-0.2, 0) is 9.59 Å². The molecule has 5 heteroatoms. The Labute approximate surface area is 124 Å². The number of hydrogen-bond donors (Lipinski definition) is 2. The molecule has 2 unspecified atom stereocenters. The molecular weight excluding hydrogens is 268 g/mol. The van der Waals surface area contributed by atoms with Gasteiger partial charge in [0.2, 0.25) is 11.8 Å². The van der Waals surface area contributed by atoms with E-state index in [0.29, 0.717) is 26.0 Å². The van der Waals surface area contributed by atoms with Crippen molar-refractivity contribution in [3.63, 3.8) is 0 Å². The highest BCUT2D eigenvalue weighted by Crippen LogP contribution is 2.31. The number of rotatable bonds is 2. The number of benzene rings is 1. The van der Waals surface area contributed by atoms with E-state index in [4.69, 9.17) is 4.74 Å². The third-order valence-electron chi connectivity index (χ3n) is 4.14. The van der Waals surface area contributed by atoms with Crippen LogP contribution in [0.25, 0.3) is 0 Å². The number of fused-ring (bicyclic) bond motifs is 1. The molecule has 2 heterocycles. The zero-order valence-corrected chi connectivity index (χ0v) is 11.9. The number of amides is 2. The number of carbonyl (C=O) groups excluding carboxylic acids is 2. The molecule has 2 aliphatic rings. The van der Waals surface area contributed by atoms with E-state index in [-0.39, 0.29) is 23.8 Å². The molecule has 2 atom stereocenters. The molecule has 0 spiro atoms. The number of hydrogen-bond acceptors (Lipinski definition) is 3. The molecule has 1 fully saturated rings. The molecule has 1 saturated heterocycles. The SMILES string of the molecule is O=C1CCC(C(=O)NC2CCCOc3ccccc32)CN1. The van der Waals surface area contributed by atoms with Crippen LogP contribution in [0.1, 0.15) is 37.3 Å². The summed E-state index contributed by atoms with van der Waals surface area (Å²) in [6.45, 7) is 1.12. The molecule has 1 aromatic carbocycles. The van der Waals surface area contributed by atoms with Gasteiger partial charge in [-0.15, -0.1) is 0 Å². The van der Waals surface area contributed by atoms with Gasteiger partial charge in [0.1, 0.15) is 5.75 Å². The molecule has 2 aliphatic heterocycles. The normalized spacial score (nSPS) is 25.0. The van der Waals surface area contributed by atoms with Crippen LogP contribution in [0, 0.1) is 5.92 Å². The minimum absolute atomic E-state index is 0.00571. The van der Waals surface area contributed by atoms with Crippen molar-refractivity contribution in [3.05, 3.63) is 29.8 Å². The van der Waals surface area contributed by atoms with Gasteiger partial charge in [-0.1, -0.05) is 18.2 Å². The average molecular weight is 288 g/mol. The Kier molecular flexibility index (Phi) is 4.08. The number of nitrogens with one attached hydrogen (secondary N) is 2. The first kappa shape index (κ1) is 13.9. The van der Waals surface area contributed by atoms with Crippen molar-refractivity contribution < 1.29 is 14.3 Å². The summed E-state index contributed by atoms with van der Waals surface area (Å²) >= 11 is 0. The Balaban J connectivity index is 1.69. The van der Waals surface area contributed by atoms with Crippen LogP contribution in [0.15, 0.2) is 24.3 Å². The monoisotopic (exact) mass is 288 g/mol. The molecule has 112 valence electrons. The summed E-state index contributed by atoms with van der Waals surface area (Å²) in [6, 6.07) is 7.86. The minimum Gasteiger partial charge on any atom is -0.493 e. The van der Waals surface area contributed by atoms with E-state index >= 15 is 0 Å². The Morgan fingerprint density at radius 1 is 1.29 bits per heavy atom. The van der Waals surface area contributed by atoms with E-state index in [9.17, 15) is 9.59 Å². The smallest absolute Gasteiger partial charge is 0.225 e. The summed E-state index contributed by atoms with van der Waals surface area (Å²) in [5.41, 5.74) is 1.04. The highest BCUT2D eigenvalue weighted by Gasteiger charge is 2.28. The molecule has 1 aromatic rings. The summed E-state index contributed by atoms with van der Waals surface area (Å²) in [7, 11) is 0. The van der Waals surface area contributed by atoms with E-state index in [1.807, 2.05) is 24.3 Å². The lowest BCUT2D eigenvalue weighted by Gasteiger charge is -2.25. The second-order valence-corrected chi connectivity index (χ2v) is 5.63. The summed E-state index contributed by atoms with van der Waals surface area (Å²) in [5, 5.41) is 5.89. The summed E-state index contributed by atoms with van der Waals surface area (Å²) in [5.74, 6) is 0.792. The summed E-state index contributed by atoms with van der Waals surface area (Å²) < 4.78 is 5.71. The predicted octanol–water partition coefficient (Wildman–Crippen LogP) is 1.54. The van der Waals surface area contributed by atoms with Crippen molar-refractivity contribution in [3.8, 4) is 5.75 Å². The zero-order valence-electron chi connectivity index (χ0n) is 11.9. The van der Waals surface area contributed by atoms with Crippen LogP contribution >= 0.6 is 0 Å². The highest BCUT2D eigenvalue weighted by atomic mass is 16.5. The lowest BCUT2D eigenvalue weighted by Crippen LogP contribution is -2.43. The van der Waals surface area contributed by atoms with Crippen molar-refractivity contribution in [2.24, 2.45) is 5.92 Å². The summed E-state index contributed by atoms with van der Waals surface area (Å²) in [6.07, 6.45) is 2.86. The molecule has 21 heavy (non-hydrogen) atoms. The fraction of sp³-hybridized carbons (Fsp3) is 0.500. The largest absolute Gasteiger partial charge is 0.493 e. The Hall–Kier alpha value is -2.04. The van der Waals surface area contributed by atoms with Crippen molar-refractivity contribution in [1.82, 2.24) is 10.6 Å². The topological polar surface area (TPSA) is 67.4 Å². The van der Waals surface area contributed by atoms with Crippen LogP contribution in [-0.4, -0.2) is 25.0 Å². The van der Waals surface area contributed by atoms with Crippen molar-refractivity contribution in [2.45, 2.75) is 31.7 Å². The van der Waals surface area contributed by atoms with Gasteiger partial charge in [0.25, 0.3) is 0 Å². The first-order valence-corrected chi connectivity index (χ1v) is 7.53. The molecule has 3 rings (SSSR count). The Bertz CT molecular complexity index is 534. The maximum absolute atomic E-state index is 12.4. The molecule has 0 aliphatic carbocycles. The minimum atomic E-state index is -0.126. The van der Waals surface area contributed by atoms with E-state index in [2.05, 4.69) is 10.6 Å². The third-order valence-corrected chi connectivity index (χ3v) is 4.14. The molecule has 2 N–H and O–H groups in total. The molecular formula is C16H20N2O3. The van der Waals surface area contributed by atoms with Gasteiger partial charge >= 0.3 is 0 Å². The molecule has 0 bridgehead atoms. The van der Waals surface area contributed by atoms with E-state index in [1.165, 1.54) is 0 Å². The number of para-hydroxylation sites is 1. The molecule has 0 saturated carbocycles. The first-order chi connectivity index (χ1) is 10.2. The fourth-order valence-electron chi connectivity index (χ4n) is 2.92. The fourth-order valence-corrected chi connectivity index (χ4v) is 2.92. The quantitative estimate of drug-likeness (QED) is 0.867. The average Bonchev–Trinajstić information content (AvgIpc) is 2.71. The maximum atomic E-state index is 12.4. The van der Waals surface area contributed by atoms with Gasteiger partial charge in [0, 0.05) is 18.5 Å². The lowest BCUT2D eigenvalue weighted by atomic mass is 9.96. The van der Waals surface area contributed by atoms with E-state index < -0.39 is 0 Å². The number of ether oxygens (including phenoxy) is 1. The zero-order chi connectivity index (χ0) is 14.7. The lowest BCUT2D eigenvalue weighted by molar-refractivity contribution is -0.129. The maximum Gasteiger partial charge on any atom is 0.225 e. The first-order valence-electron chi connectivity index (χ1n) is 7.53. The van der Waals surface area contributed by atoms with Gasteiger partial charge < -0.3 is 15.4 Å². The van der Waals surface area contributed by atoms with Crippen molar-refractivity contribution in [1.29, 1.82) is 0 Å². The van der Waals surface area contributed by atoms with Crippen LogP contribution < -0.4 is 15.4 Å². The standard InChI is InChI=1S/C16H20N2O3/c19-15-8-7-11(10-17-15)16(20)18-13-5-3-9-21-14-6-2-1-4-12(13)14/h1-2,4,6,11,13H,3,5,7-10H2,(H,17,19)(H,18,20). The second kappa shape index (κ2) is 6.16. The van der Waals surface area contributed by atoms with Crippen LogP contribution in [0.5, 0.6) is 5.75 Å². The van der Waals surface area contributed by atoms with Gasteiger partial charge in [-0.3, -0.25) is 9.59 Å². The molecule has 0 aromatic heterocycles. The van der Waals surface area contributed by atoms with Crippen LogP contribution in [0.2, 0.25) is 0 Å². The van der Waals surface area contributed by atoms with Crippen LogP contribution in [0.3, 0.4) is 0 Å². The van der Waals surface area contributed by atoms with Gasteiger partial charge in [0.15, 0.2) is 0 Å². The Morgan fingerprint density at radius 2 is 2.14 bits per heavy atom. The number of piperidine rings is 1. The van der Waals surface area contributed by atoms with E-state index in [1.54, 1.807) is 0 Å². The summed E-state index contributed by atoms with van der Waals surface area (Å²) in [4.78, 5) is 23.6. The number of carbonyl (C=O) groups is 2. The highest BCUT2D eigenvalue weighted by molar-refractivity contribution is 5.84. The Morgan fingerprint density at radius 3 is 2.95 bits per heavy atom. The second-order valence-electron chi connectivity index (χ2n) is 5.63. The van der Waals surface area contributed by atoms with Gasteiger partial charge in [-0.2, -0.15) is 0 Å². The van der Waals surface area contributed by atoms with E-state index in [0.717, 1.165) is 24.2 Å². The third kappa shape index (κ3) is 3.17. The van der Waals surface area contributed by atoms with Gasteiger partial charge in [-0.25, -0.2) is 0 Å². The molecule has 0 radical (unpaired) electrons. The van der Waals surface area contributed by atoms with Crippen molar-refractivity contribution in [2.75, 3.05) is 13.2 Å². The van der Waals surface area contributed by atoms with Gasteiger partial charge in [0.05, 0.1) is 18.6 Å². The molecule has 2 amide bonds.